The van der Waals surface area contributed by atoms with Gasteiger partial charge in [-0.3, -0.25) is 0 Å². The molecule has 0 aliphatic carbocycles. The van der Waals surface area contributed by atoms with Crippen LogP contribution in [0.2, 0.25) is 5.02 Å². The third-order valence-electron chi connectivity index (χ3n) is 3.60. The summed E-state index contributed by atoms with van der Waals surface area (Å²) < 4.78 is 27.0. The van der Waals surface area contributed by atoms with Gasteiger partial charge in [-0.05, 0) is 43.4 Å². The van der Waals surface area contributed by atoms with Gasteiger partial charge >= 0.3 is 0 Å². The Kier molecular flexibility index (Phi) is 6.57. The Labute approximate surface area is 148 Å². The standard InChI is InChI=1S/C18H21ClN2O2S/c1-21(2)18(16-6-4-3-5-7-16)14-20-24(22,23)13-12-15-8-10-17(19)11-9-15/h3-13,18,20H,14H2,1-2H3/b13-12+. The van der Waals surface area contributed by atoms with Crippen molar-refractivity contribution in [3.8, 4) is 0 Å². The largest absolute Gasteiger partial charge is 0.301 e. The lowest BCUT2D eigenvalue weighted by atomic mass is 10.1. The Morgan fingerprint density at radius 1 is 1.08 bits per heavy atom. The second-order valence-corrected chi connectivity index (χ2v) is 7.73. The predicted molar refractivity (Wildman–Crippen MR) is 100 cm³/mol. The zero-order chi connectivity index (χ0) is 17.6. The van der Waals surface area contributed by atoms with Crippen molar-refractivity contribution in [2.24, 2.45) is 0 Å². The molecule has 1 N–H and O–H groups in total. The number of halogens is 1. The van der Waals surface area contributed by atoms with Crippen LogP contribution in [0.3, 0.4) is 0 Å². The molecule has 0 aromatic heterocycles. The summed E-state index contributed by atoms with van der Waals surface area (Å²) in [5, 5.41) is 1.79. The zero-order valence-corrected chi connectivity index (χ0v) is 15.3. The van der Waals surface area contributed by atoms with Crippen molar-refractivity contribution in [1.82, 2.24) is 9.62 Å². The van der Waals surface area contributed by atoms with Crippen molar-refractivity contribution in [3.05, 3.63) is 76.2 Å². The van der Waals surface area contributed by atoms with Crippen LogP contribution in [0.4, 0.5) is 0 Å². The smallest absolute Gasteiger partial charge is 0.233 e. The third-order valence-corrected chi connectivity index (χ3v) is 4.91. The summed E-state index contributed by atoms with van der Waals surface area (Å²) >= 11 is 5.81. The van der Waals surface area contributed by atoms with E-state index < -0.39 is 10.0 Å². The van der Waals surface area contributed by atoms with Gasteiger partial charge in [0.15, 0.2) is 0 Å². The maximum Gasteiger partial charge on any atom is 0.233 e. The molecule has 6 heteroatoms. The lowest BCUT2D eigenvalue weighted by Crippen LogP contribution is -2.33. The number of likely N-dealkylation sites (N-methyl/N-ethyl adjacent to an activating group) is 1. The van der Waals surface area contributed by atoms with Crippen molar-refractivity contribution in [3.63, 3.8) is 0 Å². The van der Waals surface area contributed by atoms with Gasteiger partial charge in [0.25, 0.3) is 0 Å². The molecule has 0 aliphatic heterocycles. The molecular formula is C18H21ClN2O2S. The van der Waals surface area contributed by atoms with Gasteiger partial charge in [-0.15, -0.1) is 0 Å². The van der Waals surface area contributed by atoms with Crippen LogP contribution in [-0.2, 0) is 10.0 Å². The van der Waals surface area contributed by atoms with Gasteiger partial charge in [-0.2, -0.15) is 0 Å². The molecule has 2 aromatic rings. The van der Waals surface area contributed by atoms with Gasteiger partial charge in [0.2, 0.25) is 10.0 Å². The number of hydrogen-bond donors (Lipinski definition) is 1. The highest BCUT2D eigenvalue weighted by atomic mass is 35.5. The summed E-state index contributed by atoms with van der Waals surface area (Å²) in [5.74, 6) is 0. The highest BCUT2D eigenvalue weighted by molar-refractivity contribution is 7.92. The van der Waals surface area contributed by atoms with E-state index in [2.05, 4.69) is 4.72 Å². The Morgan fingerprint density at radius 3 is 2.29 bits per heavy atom. The quantitative estimate of drug-likeness (QED) is 0.817. The maximum absolute atomic E-state index is 12.2. The first-order chi connectivity index (χ1) is 11.4. The highest BCUT2D eigenvalue weighted by Gasteiger charge is 2.16. The molecule has 4 nitrogen and oxygen atoms in total. The topological polar surface area (TPSA) is 49.4 Å². The fourth-order valence-electron chi connectivity index (χ4n) is 2.26. The monoisotopic (exact) mass is 364 g/mol. The Bertz CT molecular complexity index is 772. The Hall–Kier alpha value is -1.66. The SMILES string of the molecule is CN(C)C(CNS(=O)(=O)/C=C/c1ccc(Cl)cc1)c1ccccc1. The maximum atomic E-state index is 12.2. The molecule has 0 spiro atoms. The normalized spacial score (nSPS) is 13.5. The minimum absolute atomic E-state index is 0.0371. The molecule has 0 aliphatic rings. The van der Waals surface area contributed by atoms with Crippen LogP contribution in [0.5, 0.6) is 0 Å². The van der Waals surface area contributed by atoms with Crippen LogP contribution in [0.15, 0.2) is 60.0 Å². The van der Waals surface area contributed by atoms with Gasteiger partial charge in [-0.25, -0.2) is 13.1 Å². The number of sulfonamides is 1. The molecule has 0 saturated heterocycles. The molecule has 24 heavy (non-hydrogen) atoms. The number of hydrogen-bond acceptors (Lipinski definition) is 3. The average molecular weight is 365 g/mol. The zero-order valence-electron chi connectivity index (χ0n) is 13.7. The van der Waals surface area contributed by atoms with E-state index in [9.17, 15) is 8.42 Å². The Morgan fingerprint density at radius 2 is 1.71 bits per heavy atom. The van der Waals surface area contributed by atoms with E-state index in [1.165, 1.54) is 5.41 Å². The van der Waals surface area contributed by atoms with Crippen molar-refractivity contribution in [2.45, 2.75) is 6.04 Å². The molecule has 0 saturated carbocycles. The first-order valence-corrected chi connectivity index (χ1v) is 9.44. The molecule has 2 rings (SSSR count). The predicted octanol–water partition coefficient (Wildman–Crippen LogP) is 3.53. The Balaban J connectivity index is 2.04. The summed E-state index contributed by atoms with van der Waals surface area (Å²) in [7, 11) is 0.336. The van der Waals surface area contributed by atoms with Crippen LogP contribution < -0.4 is 4.72 Å². The summed E-state index contributed by atoms with van der Waals surface area (Å²) in [6, 6.07) is 16.7. The molecule has 0 bridgehead atoms. The van der Waals surface area contributed by atoms with Crippen LogP contribution in [-0.4, -0.2) is 34.0 Å². The molecule has 1 unspecified atom stereocenters. The summed E-state index contributed by atoms with van der Waals surface area (Å²) in [6.45, 7) is 0.296. The lowest BCUT2D eigenvalue weighted by Gasteiger charge is -2.24. The first kappa shape index (κ1) is 18.7. The van der Waals surface area contributed by atoms with E-state index in [-0.39, 0.29) is 6.04 Å². The minimum Gasteiger partial charge on any atom is -0.301 e. The molecule has 2 aromatic carbocycles. The number of nitrogens with zero attached hydrogens (tertiary/aromatic N) is 1. The minimum atomic E-state index is -3.52. The van der Waals surface area contributed by atoms with Crippen molar-refractivity contribution in [2.75, 3.05) is 20.6 Å². The summed E-state index contributed by atoms with van der Waals surface area (Å²) in [4.78, 5) is 1.99. The van der Waals surface area contributed by atoms with Crippen molar-refractivity contribution in [1.29, 1.82) is 0 Å². The molecule has 0 heterocycles. The van der Waals surface area contributed by atoms with Gasteiger partial charge < -0.3 is 4.90 Å². The summed E-state index contributed by atoms with van der Waals surface area (Å²) in [5.41, 5.74) is 1.84. The fourth-order valence-corrected chi connectivity index (χ4v) is 3.21. The van der Waals surface area contributed by atoms with E-state index in [4.69, 9.17) is 11.6 Å². The van der Waals surface area contributed by atoms with Crippen LogP contribution in [0, 0.1) is 0 Å². The molecular weight excluding hydrogens is 344 g/mol. The van der Waals surface area contributed by atoms with Gasteiger partial charge in [0.1, 0.15) is 0 Å². The van der Waals surface area contributed by atoms with E-state index in [1.807, 2.05) is 49.3 Å². The van der Waals surface area contributed by atoms with Crippen LogP contribution in [0.1, 0.15) is 17.2 Å². The van der Waals surface area contributed by atoms with Crippen molar-refractivity contribution >= 4 is 27.7 Å². The summed E-state index contributed by atoms with van der Waals surface area (Å²) in [6.07, 6.45) is 1.55. The fraction of sp³-hybridized carbons (Fsp3) is 0.222. The number of benzene rings is 2. The van der Waals surface area contributed by atoms with Gasteiger partial charge in [0, 0.05) is 23.0 Å². The third kappa shape index (κ3) is 5.76. The molecule has 0 fully saturated rings. The van der Waals surface area contributed by atoms with Gasteiger partial charge in [-0.1, -0.05) is 54.1 Å². The number of nitrogens with one attached hydrogen (secondary N) is 1. The van der Waals surface area contributed by atoms with E-state index >= 15 is 0 Å². The average Bonchev–Trinajstić information content (AvgIpc) is 2.55. The first-order valence-electron chi connectivity index (χ1n) is 7.52. The lowest BCUT2D eigenvalue weighted by molar-refractivity contribution is 0.299. The molecule has 0 radical (unpaired) electrons. The van der Waals surface area contributed by atoms with Crippen LogP contribution in [0.25, 0.3) is 6.08 Å². The molecule has 0 amide bonds. The molecule has 1 atom stereocenters. The highest BCUT2D eigenvalue weighted by Crippen LogP contribution is 2.17. The van der Waals surface area contributed by atoms with Crippen molar-refractivity contribution < 1.29 is 8.42 Å². The number of rotatable bonds is 7. The molecule has 128 valence electrons. The van der Waals surface area contributed by atoms with Gasteiger partial charge in [0.05, 0.1) is 0 Å². The second kappa shape index (κ2) is 8.44. The van der Waals surface area contributed by atoms with E-state index in [1.54, 1.807) is 30.3 Å². The van der Waals surface area contributed by atoms with E-state index in [0.717, 1.165) is 11.1 Å². The second-order valence-electron chi connectivity index (χ2n) is 5.64. The van der Waals surface area contributed by atoms with E-state index in [0.29, 0.717) is 11.6 Å². The van der Waals surface area contributed by atoms with Crippen LogP contribution >= 0.6 is 11.6 Å².